The Hall–Kier alpha value is -2.18. The summed E-state index contributed by atoms with van der Waals surface area (Å²) in [5, 5.41) is 12.6. The first-order chi connectivity index (χ1) is 24.8. The summed E-state index contributed by atoms with van der Waals surface area (Å²) >= 11 is 2.01. The van der Waals surface area contributed by atoms with Crippen molar-refractivity contribution in [3.63, 3.8) is 0 Å². The van der Waals surface area contributed by atoms with Crippen molar-refractivity contribution < 1.29 is 30.0 Å². The van der Waals surface area contributed by atoms with Crippen molar-refractivity contribution in [1.29, 1.82) is 0 Å². The molecule has 0 aliphatic carbocycles. The number of ketones is 1. The van der Waals surface area contributed by atoms with Crippen molar-refractivity contribution in [2.24, 2.45) is 28.6 Å². The maximum absolute atomic E-state index is 12.2. The summed E-state index contributed by atoms with van der Waals surface area (Å²) in [6.45, 7) is 33.4. The number of fused-ring (bicyclic) bond motifs is 2. The molecule has 2 aromatic heterocycles. The number of aliphatic hydroxyl groups is 1. The summed E-state index contributed by atoms with van der Waals surface area (Å²) in [5.41, 5.74) is 5.48. The molecule has 0 amide bonds. The Morgan fingerprint density at radius 3 is 1.85 bits per heavy atom. The van der Waals surface area contributed by atoms with E-state index < -0.39 is 8.07 Å². The molecule has 2 aromatic carbocycles. The number of rotatable bonds is 16. The minimum Gasteiger partial charge on any atom is -0.512 e. The SMILES string of the molecule is CCC(C)(CC)C(=O)/C=C(\O)C(C)(CC)CC.Cc1c([Si](CC(C)C)(CC(C)C)CC(C)C)sc2c(-c3[c-]c4ccccc4c(C(C)C)c3)ncnc12.[Ir]. The second kappa shape index (κ2) is 20.3. The standard InChI is InChI=1S/C32H43N2SSi.C15H28O2.Ir/c1-20(2)16-36(17-21(3)4,18-22(5)6)32-24(9)29-31(35-32)30(34-19-33-29)26-14-25-12-10-11-13-27(25)28(15-26)23(7)8;1-7-14(5,8-2)12(16)11-13(17)15(6,9-3)10-4;/h10-13,15,19-23H,16-18H2,1-9H3;11,16H,7-10H2,1-6H3;/q-1;;/b;12-11-;. The molecule has 1 N–H and O–H groups in total. The Bertz CT molecular complexity index is 1820. The molecule has 4 aromatic rings. The van der Waals surface area contributed by atoms with Crippen LogP contribution in [0.2, 0.25) is 18.1 Å². The van der Waals surface area contributed by atoms with Gasteiger partial charge in [-0.2, -0.15) is 0 Å². The first-order valence-corrected chi connectivity index (χ1v) is 23.9. The minimum absolute atomic E-state index is 0. The molecule has 2 heterocycles. The van der Waals surface area contributed by atoms with E-state index in [4.69, 9.17) is 9.97 Å². The van der Waals surface area contributed by atoms with Crippen molar-refractivity contribution in [3.8, 4) is 11.3 Å². The monoisotopic (exact) mass is 948 g/mol. The molecule has 0 spiro atoms. The van der Waals surface area contributed by atoms with Gasteiger partial charge in [0.2, 0.25) is 0 Å². The number of carbonyl (C=O) groups is 1. The number of benzene rings is 2. The summed E-state index contributed by atoms with van der Waals surface area (Å²) in [5.74, 6) is 2.82. The molecule has 4 rings (SSSR count). The molecule has 0 aliphatic heterocycles. The second-order valence-electron chi connectivity index (χ2n) is 17.8. The van der Waals surface area contributed by atoms with Crippen LogP contribution in [0.5, 0.6) is 0 Å². The molecule has 7 heteroatoms. The molecule has 0 saturated heterocycles. The van der Waals surface area contributed by atoms with Crippen LogP contribution < -0.4 is 4.50 Å². The molecule has 0 unspecified atom stereocenters. The van der Waals surface area contributed by atoms with Crippen molar-refractivity contribution in [1.82, 2.24) is 9.97 Å². The van der Waals surface area contributed by atoms with Crippen molar-refractivity contribution in [2.75, 3.05) is 0 Å². The summed E-state index contributed by atoms with van der Waals surface area (Å²) in [6.07, 6.45) is 6.53. The number of aliphatic hydroxyl groups excluding tert-OH is 1. The number of aryl methyl sites for hydroxylation is 1. The number of carbonyl (C=O) groups excluding carboxylic acids is 1. The summed E-state index contributed by atoms with van der Waals surface area (Å²) in [6, 6.07) is 18.7. The van der Waals surface area contributed by atoms with Gasteiger partial charge in [0.1, 0.15) is 20.2 Å². The number of hydrogen-bond donors (Lipinski definition) is 1. The van der Waals surface area contributed by atoms with Crippen LogP contribution in [0, 0.1) is 41.6 Å². The van der Waals surface area contributed by atoms with Gasteiger partial charge in [-0.1, -0.05) is 144 Å². The third kappa shape index (κ3) is 11.0. The zero-order valence-corrected chi connectivity index (χ0v) is 40.5. The number of thiophene rings is 1. The van der Waals surface area contributed by atoms with E-state index in [1.54, 1.807) is 10.8 Å². The fourth-order valence-electron chi connectivity index (χ4n) is 8.14. The van der Waals surface area contributed by atoms with Crippen LogP contribution in [0.3, 0.4) is 0 Å². The number of hydrogen-bond acceptors (Lipinski definition) is 5. The maximum atomic E-state index is 12.2. The molecular weight excluding hydrogens is 877 g/mol. The van der Waals surface area contributed by atoms with Crippen LogP contribution in [0.25, 0.3) is 32.2 Å². The fourth-order valence-corrected chi connectivity index (χ4v) is 17.7. The molecule has 0 atom stereocenters. The number of allylic oxidation sites excluding steroid dienone is 2. The van der Waals surface area contributed by atoms with E-state index in [1.165, 1.54) is 50.8 Å². The first kappa shape index (κ1) is 48.0. The Morgan fingerprint density at radius 2 is 1.37 bits per heavy atom. The average molecular weight is 948 g/mol. The molecule has 0 aliphatic rings. The van der Waals surface area contributed by atoms with Crippen LogP contribution in [0.15, 0.2) is 48.5 Å². The maximum Gasteiger partial charge on any atom is 0.164 e. The Balaban J connectivity index is 0.000000477. The summed E-state index contributed by atoms with van der Waals surface area (Å²) < 4.78 is 2.92. The van der Waals surface area contributed by atoms with Gasteiger partial charge in [0, 0.05) is 47.4 Å². The van der Waals surface area contributed by atoms with Gasteiger partial charge in [-0.25, -0.2) is 4.98 Å². The molecule has 0 saturated carbocycles. The predicted molar refractivity (Wildman–Crippen MR) is 235 cm³/mol. The normalized spacial score (nSPS) is 12.9. The molecule has 54 heavy (non-hydrogen) atoms. The Labute approximate surface area is 347 Å². The Morgan fingerprint density at radius 1 is 0.852 bits per heavy atom. The predicted octanol–water partition coefficient (Wildman–Crippen LogP) is 14.0. The van der Waals surface area contributed by atoms with Gasteiger partial charge >= 0.3 is 0 Å². The third-order valence-corrected chi connectivity index (χ3v) is 20.7. The Kier molecular flexibility index (Phi) is 18.0. The number of nitrogens with zero attached hydrogens (tertiary/aromatic N) is 2. The summed E-state index contributed by atoms with van der Waals surface area (Å²) in [7, 11) is -1.74. The third-order valence-electron chi connectivity index (χ3n) is 11.9. The second-order valence-corrected chi connectivity index (χ2v) is 23.5. The molecule has 301 valence electrons. The first-order valence-electron chi connectivity index (χ1n) is 20.5. The van der Waals surface area contributed by atoms with E-state index in [2.05, 4.69) is 98.7 Å². The average Bonchev–Trinajstić information content (AvgIpc) is 3.46. The van der Waals surface area contributed by atoms with Gasteiger partial charge in [0.25, 0.3) is 0 Å². The molecular formula is C47H71IrN2O2SSi-. The minimum atomic E-state index is -1.74. The molecule has 0 fully saturated rings. The topological polar surface area (TPSA) is 63.1 Å². The van der Waals surface area contributed by atoms with Crippen molar-refractivity contribution in [3.05, 3.63) is 65.7 Å². The van der Waals surface area contributed by atoms with Crippen LogP contribution in [0.4, 0.5) is 0 Å². The molecule has 0 bridgehead atoms. The van der Waals surface area contributed by atoms with E-state index in [-0.39, 0.29) is 42.5 Å². The van der Waals surface area contributed by atoms with Gasteiger partial charge in [-0.15, -0.1) is 40.5 Å². The van der Waals surface area contributed by atoms with Crippen LogP contribution in [-0.4, -0.2) is 28.9 Å². The molecule has 4 nitrogen and oxygen atoms in total. The van der Waals surface area contributed by atoms with Crippen LogP contribution in [0.1, 0.15) is 140 Å². The van der Waals surface area contributed by atoms with Gasteiger partial charge in [0.15, 0.2) is 5.78 Å². The van der Waals surface area contributed by atoms with E-state index in [9.17, 15) is 9.90 Å². The van der Waals surface area contributed by atoms with E-state index in [1.807, 2.05) is 52.9 Å². The zero-order valence-electron chi connectivity index (χ0n) is 36.3. The quantitative estimate of drug-likeness (QED) is 0.0526. The zero-order chi connectivity index (χ0) is 39.9. The van der Waals surface area contributed by atoms with E-state index in [0.717, 1.165) is 42.5 Å². The van der Waals surface area contributed by atoms with Crippen LogP contribution >= 0.6 is 11.3 Å². The fraction of sp³-hybridized carbons (Fsp3) is 0.596. The van der Waals surface area contributed by atoms with Gasteiger partial charge in [-0.05, 0) is 66.3 Å². The van der Waals surface area contributed by atoms with Crippen molar-refractivity contribution in [2.45, 2.75) is 154 Å². The van der Waals surface area contributed by atoms with Crippen molar-refractivity contribution >= 4 is 50.7 Å². The molecule has 1 radical (unpaired) electrons. The smallest absolute Gasteiger partial charge is 0.164 e. The number of aromatic nitrogens is 2. The van der Waals surface area contributed by atoms with Crippen LogP contribution in [-0.2, 0) is 24.9 Å². The van der Waals surface area contributed by atoms with E-state index in [0.29, 0.717) is 23.7 Å². The largest absolute Gasteiger partial charge is 0.512 e. The van der Waals surface area contributed by atoms with E-state index >= 15 is 0 Å². The van der Waals surface area contributed by atoms with Gasteiger partial charge < -0.3 is 5.11 Å². The summed E-state index contributed by atoms with van der Waals surface area (Å²) in [4.78, 5) is 21.9. The van der Waals surface area contributed by atoms with Gasteiger partial charge in [-0.3, -0.25) is 9.78 Å². The van der Waals surface area contributed by atoms with Gasteiger partial charge in [0.05, 0.1) is 5.52 Å².